The maximum Gasteiger partial charge on any atom is 0.164 e. The predicted molar refractivity (Wildman–Crippen MR) is 261 cm³/mol. The molecule has 0 atom stereocenters. The van der Waals surface area contributed by atoms with Crippen LogP contribution in [0.15, 0.2) is 237 Å². The van der Waals surface area contributed by atoms with Crippen molar-refractivity contribution in [3.63, 3.8) is 0 Å². The molecule has 10 aromatic rings. The number of aromatic nitrogens is 4. The van der Waals surface area contributed by atoms with Gasteiger partial charge in [0, 0.05) is 50.2 Å². The van der Waals surface area contributed by atoms with Crippen LogP contribution in [0.1, 0.15) is 5.56 Å². The van der Waals surface area contributed by atoms with Crippen LogP contribution >= 0.6 is 0 Å². The minimum atomic E-state index is 0.641. The van der Waals surface area contributed by atoms with Gasteiger partial charge in [-0.2, -0.15) is 0 Å². The second-order valence-electron chi connectivity index (χ2n) is 15.7. The molecule has 0 aliphatic carbocycles. The monoisotopic (exact) mass is 807 g/mol. The minimum Gasteiger partial charge on any atom is -0.311 e. The summed E-state index contributed by atoms with van der Waals surface area (Å²) in [6.07, 6.45) is 9.28. The van der Waals surface area contributed by atoms with E-state index in [-0.39, 0.29) is 0 Å². The van der Waals surface area contributed by atoms with E-state index in [0.717, 1.165) is 62.5 Å². The van der Waals surface area contributed by atoms with E-state index in [0.29, 0.717) is 17.5 Å². The van der Waals surface area contributed by atoms with Gasteiger partial charge in [0.2, 0.25) is 0 Å². The number of benzene rings is 8. The Kier molecular flexibility index (Phi) is 9.68. The number of rotatable bonds is 7. The van der Waals surface area contributed by atoms with Gasteiger partial charge in [-0.25, -0.2) is 15.0 Å². The molecule has 1 aliphatic rings. The molecule has 0 radical (unpaired) electrons. The molecule has 0 spiro atoms. The zero-order valence-electron chi connectivity index (χ0n) is 34.5. The average molecular weight is 808 g/mol. The molecule has 0 bridgehead atoms. The minimum absolute atomic E-state index is 0.641. The zero-order chi connectivity index (χ0) is 42.1. The molecule has 1 aliphatic heterocycles. The van der Waals surface area contributed by atoms with E-state index in [1.165, 1.54) is 33.0 Å². The summed E-state index contributed by atoms with van der Waals surface area (Å²) in [5.41, 5.74) is 15.3. The molecule has 0 N–H and O–H groups in total. The third-order valence-electron chi connectivity index (χ3n) is 11.8. The van der Waals surface area contributed by atoms with Crippen molar-refractivity contribution in [2.75, 3.05) is 4.90 Å². The first-order valence-electron chi connectivity index (χ1n) is 21.3. The van der Waals surface area contributed by atoms with Crippen molar-refractivity contribution in [1.82, 2.24) is 19.5 Å². The second kappa shape index (κ2) is 16.2. The number of fused-ring (bicyclic) bond motifs is 4. The highest BCUT2D eigenvalue weighted by Gasteiger charge is 2.18. The first-order chi connectivity index (χ1) is 31.1. The Bertz CT molecular complexity index is 3290. The van der Waals surface area contributed by atoms with Gasteiger partial charge in [-0.1, -0.05) is 170 Å². The molecule has 0 unspecified atom stereocenters. The second-order valence-corrected chi connectivity index (χ2v) is 15.7. The number of para-hydroxylation sites is 2. The zero-order valence-corrected chi connectivity index (χ0v) is 34.5. The third kappa shape index (κ3) is 7.22. The molecule has 5 heteroatoms. The lowest BCUT2D eigenvalue weighted by Crippen LogP contribution is -2.15. The molecule has 0 saturated heterocycles. The predicted octanol–water partition coefficient (Wildman–Crippen LogP) is 14.6. The summed E-state index contributed by atoms with van der Waals surface area (Å²) in [5, 5.41) is 2.42. The molecule has 0 saturated carbocycles. The summed E-state index contributed by atoms with van der Waals surface area (Å²) in [7, 11) is 0. The van der Waals surface area contributed by atoms with Gasteiger partial charge in [-0.15, -0.1) is 0 Å². The number of anilines is 2. The topological polar surface area (TPSA) is 46.8 Å². The van der Waals surface area contributed by atoms with Crippen LogP contribution in [0, 0.1) is 0 Å². The Hall–Kier alpha value is -8.41. The van der Waals surface area contributed by atoms with Crippen LogP contribution in [0.2, 0.25) is 0 Å². The summed E-state index contributed by atoms with van der Waals surface area (Å²) in [4.78, 5) is 17.0. The van der Waals surface area contributed by atoms with E-state index in [9.17, 15) is 0 Å². The van der Waals surface area contributed by atoms with Crippen molar-refractivity contribution >= 4 is 33.2 Å². The number of hydrogen-bond donors (Lipinski definition) is 0. The van der Waals surface area contributed by atoms with E-state index >= 15 is 0 Å². The van der Waals surface area contributed by atoms with E-state index in [4.69, 9.17) is 15.0 Å². The van der Waals surface area contributed by atoms with Crippen LogP contribution in [0.4, 0.5) is 11.4 Å². The standard InChI is InChI=1S/C58H41N5/c1-40-16-6-2-11-21-48-38-46(32-36-53(48)62(40)49-22-12-5-13-23-49)42-30-34-50(35-31-42)63-54-25-15-14-24-51(54)52-39-47(33-37-55(52)63)41-26-28-45(29-27-41)58-60-56(43-17-7-3-8-18-43)59-57(61-58)44-19-9-4-10-20-44/h2-20,22-39H,1,21H2/b11-2-,16-6-. The molecule has 2 aromatic heterocycles. The molecule has 5 nitrogen and oxygen atoms in total. The smallest absolute Gasteiger partial charge is 0.164 e. The first-order valence-corrected chi connectivity index (χ1v) is 21.3. The Labute approximate surface area is 367 Å². The van der Waals surface area contributed by atoms with E-state index < -0.39 is 0 Å². The highest BCUT2D eigenvalue weighted by Crippen LogP contribution is 2.39. The Morgan fingerprint density at radius 2 is 0.905 bits per heavy atom. The van der Waals surface area contributed by atoms with Crippen molar-refractivity contribution < 1.29 is 0 Å². The maximum absolute atomic E-state index is 4.94. The molecular weight excluding hydrogens is 767 g/mol. The van der Waals surface area contributed by atoms with E-state index in [2.05, 4.69) is 174 Å². The van der Waals surface area contributed by atoms with E-state index in [1.54, 1.807) is 0 Å². The molecule has 8 aromatic carbocycles. The van der Waals surface area contributed by atoms with Crippen LogP contribution in [-0.2, 0) is 6.42 Å². The summed E-state index contributed by atoms with van der Waals surface area (Å²) in [6, 6.07) is 70.4. The molecule has 11 rings (SSSR count). The van der Waals surface area contributed by atoms with Gasteiger partial charge in [0.1, 0.15) is 0 Å². The maximum atomic E-state index is 4.94. The summed E-state index contributed by atoms with van der Waals surface area (Å²) in [5.74, 6) is 1.94. The quantitative estimate of drug-likeness (QED) is 0.161. The van der Waals surface area contributed by atoms with Gasteiger partial charge in [0.25, 0.3) is 0 Å². The first kappa shape index (κ1) is 37.6. The van der Waals surface area contributed by atoms with Gasteiger partial charge >= 0.3 is 0 Å². The fourth-order valence-corrected chi connectivity index (χ4v) is 8.68. The molecule has 0 amide bonds. The molecule has 63 heavy (non-hydrogen) atoms. The normalized spacial score (nSPS) is 13.6. The van der Waals surface area contributed by atoms with Crippen molar-refractivity contribution in [1.29, 1.82) is 0 Å². The lowest BCUT2D eigenvalue weighted by Gasteiger charge is -2.28. The highest BCUT2D eigenvalue weighted by atomic mass is 15.1. The van der Waals surface area contributed by atoms with E-state index in [1.807, 2.05) is 66.7 Å². The van der Waals surface area contributed by atoms with Gasteiger partial charge in [-0.3, -0.25) is 0 Å². The molecule has 0 fully saturated rings. The largest absolute Gasteiger partial charge is 0.311 e. The summed E-state index contributed by atoms with van der Waals surface area (Å²) in [6.45, 7) is 4.42. The van der Waals surface area contributed by atoms with Crippen molar-refractivity contribution in [3.05, 3.63) is 242 Å². The van der Waals surface area contributed by atoms with Crippen LogP contribution in [0.5, 0.6) is 0 Å². The van der Waals surface area contributed by atoms with Crippen molar-refractivity contribution in [2.24, 2.45) is 0 Å². The van der Waals surface area contributed by atoms with Gasteiger partial charge in [0.05, 0.1) is 11.0 Å². The Morgan fingerprint density at radius 1 is 0.397 bits per heavy atom. The lowest BCUT2D eigenvalue weighted by molar-refractivity contribution is 1.07. The highest BCUT2D eigenvalue weighted by molar-refractivity contribution is 6.10. The third-order valence-corrected chi connectivity index (χ3v) is 11.8. The van der Waals surface area contributed by atoms with Crippen LogP contribution in [0.3, 0.4) is 0 Å². The number of hydrogen-bond acceptors (Lipinski definition) is 4. The van der Waals surface area contributed by atoms with Crippen LogP contribution < -0.4 is 4.90 Å². The summed E-state index contributed by atoms with van der Waals surface area (Å²) < 4.78 is 2.38. The fraction of sp³-hybridized carbons (Fsp3) is 0.0172. The molecular formula is C58H41N5. The number of allylic oxidation sites excluding steroid dienone is 4. The Balaban J connectivity index is 0.917. The molecule has 298 valence electrons. The Morgan fingerprint density at radius 3 is 1.57 bits per heavy atom. The van der Waals surface area contributed by atoms with Gasteiger partial charge < -0.3 is 9.47 Å². The van der Waals surface area contributed by atoms with Gasteiger partial charge in [0.15, 0.2) is 17.5 Å². The SMILES string of the molecule is C=C1/C=C\C=C/Cc2cc(-c3ccc(-n4c5ccccc5c5cc(-c6ccc(-c7nc(-c8ccccc8)nc(-c8ccccc8)n7)cc6)ccc54)cc3)ccc2N1c1ccccc1. The van der Waals surface area contributed by atoms with Crippen molar-refractivity contribution in [2.45, 2.75) is 6.42 Å². The van der Waals surface area contributed by atoms with Crippen LogP contribution in [0.25, 0.3) is 83.9 Å². The van der Waals surface area contributed by atoms with Gasteiger partial charge in [-0.05, 0) is 94.9 Å². The summed E-state index contributed by atoms with van der Waals surface area (Å²) >= 11 is 0. The average Bonchev–Trinajstić information content (AvgIpc) is 3.72. The van der Waals surface area contributed by atoms with Crippen molar-refractivity contribution in [3.8, 4) is 62.1 Å². The van der Waals surface area contributed by atoms with Crippen LogP contribution in [-0.4, -0.2) is 19.5 Å². The fourth-order valence-electron chi connectivity index (χ4n) is 8.68. The molecule has 3 heterocycles. The number of nitrogens with zero attached hydrogens (tertiary/aromatic N) is 5. The lowest BCUT2D eigenvalue weighted by atomic mass is 9.98.